The van der Waals surface area contributed by atoms with Crippen LogP contribution in [0.5, 0.6) is 0 Å². The fraction of sp³-hybridized carbons (Fsp3) is 0.316. The number of imidazole rings is 1. The van der Waals surface area contributed by atoms with Gasteiger partial charge >= 0.3 is 11.8 Å². The van der Waals surface area contributed by atoms with Gasteiger partial charge in [0.25, 0.3) is 0 Å². The van der Waals surface area contributed by atoms with E-state index in [0.717, 1.165) is 39.9 Å². The number of nitrogens with one attached hydrogen (secondary N) is 1. The van der Waals surface area contributed by atoms with E-state index in [4.69, 9.17) is 9.52 Å². The molecule has 0 radical (unpaired) electrons. The second-order valence-corrected chi connectivity index (χ2v) is 8.25. The molecule has 1 fully saturated rings. The predicted octanol–water partition coefficient (Wildman–Crippen LogP) is 2.87. The molecule has 0 bridgehead atoms. The molecule has 0 aromatic carbocycles. The molecule has 1 atom stereocenters. The maximum Gasteiger partial charge on any atom is 0.312 e. The smallest absolute Gasteiger partial charge is 0.312 e. The summed E-state index contributed by atoms with van der Waals surface area (Å²) in [6.45, 7) is 0.509. The summed E-state index contributed by atoms with van der Waals surface area (Å²) in [6.07, 6.45) is 6.29. The number of rotatable bonds is 3. The summed E-state index contributed by atoms with van der Waals surface area (Å²) in [4.78, 5) is 22.7. The molecule has 29 heavy (non-hydrogen) atoms. The molecule has 10 heteroatoms. The lowest BCUT2D eigenvalue weighted by molar-refractivity contribution is 0.0644. The van der Waals surface area contributed by atoms with Gasteiger partial charge in [0.2, 0.25) is 5.89 Å². The zero-order chi connectivity index (χ0) is 19.5. The summed E-state index contributed by atoms with van der Waals surface area (Å²) < 4.78 is 8.40. The van der Waals surface area contributed by atoms with E-state index in [-0.39, 0.29) is 11.8 Å². The fourth-order valence-electron chi connectivity index (χ4n) is 3.87. The lowest BCUT2D eigenvalue weighted by Gasteiger charge is -2.32. The summed E-state index contributed by atoms with van der Waals surface area (Å²) in [5.74, 6) is 0.592. The quantitative estimate of drug-likeness (QED) is 0.511. The van der Waals surface area contributed by atoms with Crippen molar-refractivity contribution < 1.29 is 9.21 Å². The Morgan fingerprint density at radius 1 is 1.31 bits per heavy atom. The van der Waals surface area contributed by atoms with Gasteiger partial charge in [0.05, 0.1) is 23.2 Å². The van der Waals surface area contributed by atoms with Crippen molar-refractivity contribution in [2.75, 3.05) is 6.54 Å². The average molecular weight is 454 g/mol. The standard InChI is InChI=1S/C19H16BrN7O2/c20-11-2-1-6-27-14(11)8-13(25-27)16-15-12(21-9-22-15)5-7-26(16)19(28)18-24-23-17(29-18)10-3-4-10/h1-2,6,8-10,16H,3-5,7H2,(H,21,22). The summed E-state index contributed by atoms with van der Waals surface area (Å²) in [5.41, 5.74) is 3.47. The van der Waals surface area contributed by atoms with E-state index in [9.17, 15) is 4.79 Å². The SMILES string of the molecule is O=C(c1nnc(C2CC2)o1)N1CCc2[nH]cnc2C1c1cc2c(Br)cccn2n1. The minimum absolute atomic E-state index is 0.0285. The van der Waals surface area contributed by atoms with Gasteiger partial charge in [0.15, 0.2) is 0 Å². The normalized spacial score (nSPS) is 18.9. The third-order valence-corrected chi connectivity index (χ3v) is 6.16. The Bertz CT molecular complexity index is 1240. The maximum atomic E-state index is 13.3. The molecule has 4 aromatic rings. The highest BCUT2D eigenvalue weighted by Gasteiger charge is 2.39. The molecule has 1 saturated carbocycles. The van der Waals surface area contributed by atoms with Gasteiger partial charge in [0.1, 0.15) is 6.04 Å². The second kappa shape index (κ2) is 6.24. The lowest BCUT2D eigenvalue weighted by Crippen LogP contribution is -2.41. The Morgan fingerprint density at radius 2 is 2.21 bits per heavy atom. The van der Waals surface area contributed by atoms with Crippen molar-refractivity contribution in [2.24, 2.45) is 0 Å². The van der Waals surface area contributed by atoms with E-state index in [0.29, 0.717) is 24.8 Å². The molecule has 4 aromatic heterocycles. The van der Waals surface area contributed by atoms with Crippen molar-refractivity contribution in [2.45, 2.75) is 31.2 Å². The summed E-state index contributed by atoms with van der Waals surface area (Å²) in [5, 5.41) is 12.8. The largest absolute Gasteiger partial charge is 0.417 e. The van der Waals surface area contributed by atoms with Crippen LogP contribution in [0.3, 0.4) is 0 Å². The number of nitrogens with zero attached hydrogens (tertiary/aromatic N) is 6. The van der Waals surface area contributed by atoms with Gasteiger partial charge in [0, 0.05) is 35.2 Å². The highest BCUT2D eigenvalue weighted by atomic mass is 79.9. The molecule has 0 saturated heterocycles. The monoisotopic (exact) mass is 453 g/mol. The first-order valence-electron chi connectivity index (χ1n) is 9.49. The van der Waals surface area contributed by atoms with Crippen molar-refractivity contribution in [1.29, 1.82) is 0 Å². The third kappa shape index (κ3) is 2.70. The number of carbonyl (C=O) groups excluding carboxylic acids is 1. The molecule has 1 aliphatic heterocycles. The summed E-state index contributed by atoms with van der Waals surface area (Å²) >= 11 is 3.56. The van der Waals surface area contributed by atoms with Crippen LogP contribution >= 0.6 is 15.9 Å². The Balaban J connectivity index is 1.44. The van der Waals surface area contributed by atoms with Crippen LogP contribution in [-0.2, 0) is 6.42 Å². The van der Waals surface area contributed by atoms with Gasteiger partial charge in [-0.05, 0) is 47.0 Å². The number of carbonyl (C=O) groups is 1. The predicted molar refractivity (Wildman–Crippen MR) is 104 cm³/mol. The van der Waals surface area contributed by atoms with Crippen molar-refractivity contribution in [3.8, 4) is 0 Å². The van der Waals surface area contributed by atoms with Crippen LogP contribution in [0.4, 0.5) is 0 Å². The molecule has 1 N–H and O–H groups in total. The second-order valence-electron chi connectivity index (χ2n) is 7.39. The molecular formula is C19H16BrN7O2. The highest BCUT2D eigenvalue weighted by Crippen LogP contribution is 2.40. The third-order valence-electron chi connectivity index (χ3n) is 5.49. The zero-order valence-electron chi connectivity index (χ0n) is 15.2. The number of aromatic amines is 1. The molecule has 5 heterocycles. The molecule has 1 amide bonds. The van der Waals surface area contributed by atoms with Gasteiger partial charge in [-0.2, -0.15) is 5.10 Å². The highest BCUT2D eigenvalue weighted by molar-refractivity contribution is 9.10. The molecule has 9 nitrogen and oxygen atoms in total. The van der Waals surface area contributed by atoms with Gasteiger partial charge in [-0.1, -0.05) is 0 Å². The Hall–Kier alpha value is -3.01. The van der Waals surface area contributed by atoms with E-state index >= 15 is 0 Å². The van der Waals surface area contributed by atoms with Crippen molar-refractivity contribution in [1.82, 2.24) is 34.7 Å². The van der Waals surface area contributed by atoms with E-state index in [1.54, 1.807) is 15.7 Å². The first-order chi connectivity index (χ1) is 14.2. The van der Waals surface area contributed by atoms with Crippen LogP contribution in [-0.4, -0.2) is 47.1 Å². The van der Waals surface area contributed by atoms with Crippen LogP contribution in [0.15, 0.2) is 39.6 Å². The van der Waals surface area contributed by atoms with Crippen molar-refractivity contribution >= 4 is 27.4 Å². The van der Waals surface area contributed by atoms with Gasteiger partial charge in [-0.25, -0.2) is 9.50 Å². The molecule has 1 aliphatic carbocycles. The fourth-order valence-corrected chi connectivity index (χ4v) is 4.32. The van der Waals surface area contributed by atoms with Gasteiger partial charge < -0.3 is 14.3 Å². The van der Waals surface area contributed by atoms with Crippen molar-refractivity contribution in [3.05, 3.63) is 64.1 Å². The minimum Gasteiger partial charge on any atom is -0.417 e. The van der Waals surface area contributed by atoms with Crippen LogP contribution < -0.4 is 0 Å². The molecule has 0 spiro atoms. The van der Waals surface area contributed by atoms with E-state index in [1.807, 2.05) is 24.4 Å². The molecule has 6 rings (SSSR count). The number of H-pyrrole nitrogens is 1. The van der Waals surface area contributed by atoms with Gasteiger partial charge in [-0.3, -0.25) is 4.79 Å². The number of aromatic nitrogens is 6. The zero-order valence-corrected chi connectivity index (χ0v) is 16.8. The van der Waals surface area contributed by atoms with Crippen LogP contribution in [0.25, 0.3) is 5.52 Å². The number of amides is 1. The Labute approximate surface area is 173 Å². The maximum absolute atomic E-state index is 13.3. The molecular weight excluding hydrogens is 438 g/mol. The molecule has 2 aliphatic rings. The van der Waals surface area contributed by atoms with E-state index < -0.39 is 6.04 Å². The molecule has 1 unspecified atom stereocenters. The number of pyridine rings is 1. The topological polar surface area (TPSA) is 105 Å². The van der Waals surface area contributed by atoms with Crippen LogP contribution in [0.1, 0.15) is 58.5 Å². The van der Waals surface area contributed by atoms with Gasteiger partial charge in [-0.15, -0.1) is 10.2 Å². The number of fused-ring (bicyclic) bond motifs is 2. The lowest BCUT2D eigenvalue weighted by atomic mass is 9.99. The number of hydrogen-bond donors (Lipinski definition) is 1. The summed E-state index contributed by atoms with van der Waals surface area (Å²) in [6, 6.07) is 5.42. The van der Waals surface area contributed by atoms with Crippen LogP contribution in [0, 0.1) is 0 Å². The first-order valence-corrected chi connectivity index (χ1v) is 10.3. The van der Waals surface area contributed by atoms with Crippen LogP contribution in [0.2, 0.25) is 0 Å². The van der Waals surface area contributed by atoms with Crippen molar-refractivity contribution in [3.63, 3.8) is 0 Å². The Kier molecular flexibility index (Phi) is 3.64. The average Bonchev–Trinajstić information content (AvgIpc) is 3.13. The number of hydrogen-bond acceptors (Lipinski definition) is 6. The number of halogens is 1. The van der Waals surface area contributed by atoms with E-state index in [2.05, 4.69) is 36.1 Å². The Morgan fingerprint density at radius 3 is 3.03 bits per heavy atom. The summed E-state index contributed by atoms with van der Waals surface area (Å²) in [7, 11) is 0. The molecule has 146 valence electrons. The van der Waals surface area contributed by atoms with E-state index in [1.165, 1.54) is 0 Å². The minimum atomic E-state index is -0.430. The first kappa shape index (κ1) is 16.9.